The van der Waals surface area contributed by atoms with Crippen molar-refractivity contribution in [3.05, 3.63) is 29.8 Å². The first-order valence-electron chi connectivity index (χ1n) is 7.09. The molecule has 0 heterocycles. The Labute approximate surface area is 114 Å². The smallest absolute Gasteiger partial charge is 0.311 e. The Morgan fingerprint density at radius 3 is 2.21 bits per heavy atom. The Balaban J connectivity index is 2.20. The maximum Gasteiger partial charge on any atom is 0.311 e. The summed E-state index contributed by atoms with van der Waals surface area (Å²) in [7, 11) is 1.62. The summed E-state index contributed by atoms with van der Waals surface area (Å²) < 4.78 is 5.13. The van der Waals surface area contributed by atoms with Crippen molar-refractivity contribution >= 4 is 5.97 Å². The van der Waals surface area contributed by atoms with Gasteiger partial charge in [-0.25, -0.2) is 0 Å². The van der Waals surface area contributed by atoms with Gasteiger partial charge in [0, 0.05) is 0 Å². The highest BCUT2D eigenvalue weighted by Gasteiger charge is 2.30. The number of carboxylic acids is 1. The maximum absolute atomic E-state index is 11.6. The molecule has 19 heavy (non-hydrogen) atoms. The molecule has 1 saturated carbocycles. The predicted molar refractivity (Wildman–Crippen MR) is 74.6 cm³/mol. The molecule has 0 aromatic heterocycles. The molecule has 0 radical (unpaired) electrons. The number of aliphatic carboxylic acids is 1. The van der Waals surface area contributed by atoms with Gasteiger partial charge in [-0.05, 0) is 36.5 Å². The van der Waals surface area contributed by atoms with Gasteiger partial charge >= 0.3 is 5.97 Å². The lowest BCUT2D eigenvalue weighted by Gasteiger charge is -2.23. The van der Waals surface area contributed by atoms with Gasteiger partial charge in [-0.2, -0.15) is 0 Å². The van der Waals surface area contributed by atoms with Crippen LogP contribution in [0.2, 0.25) is 0 Å². The zero-order valence-electron chi connectivity index (χ0n) is 11.5. The molecule has 1 N–H and O–H groups in total. The lowest BCUT2D eigenvalue weighted by molar-refractivity contribution is -0.140. The number of carboxylic acid groups (broad SMARTS) is 1. The van der Waals surface area contributed by atoms with Crippen LogP contribution in [0.15, 0.2) is 24.3 Å². The summed E-state index contributed by atoms with van der Waals surface area (Å²) in [6.07, 6.45) is 6.86. The molecule has 1 aliphatic carbocycles. The van der Waals surface area contributed by atoms with E-state index < -0.39 is 5.97 Å². The molecule has 1 aromatic carbocycles. The van der Waals surface area contributed by atoms with Gasteiger partial charge in [0.2, 0.25) is 0 Å². The van der Waals surface area contributed by atoms with Crippen LogP contribution in [-0.2, 0) is 4.79 Å². The van der Waals surface area contributed by atoms with Crippen molar-refractivity contribution in [1.29, 1.82) is 0 Å². The SMILES string of the molecule is COc1ccc(C(C(=O)O)C2CCCCCC2)cc1. The quantitative estimate of drug-likeness (QED) is 0.839. The first-order valence-corrected chi connectivity index (χ1v) is 7.09. The van der Waals surface area contributed by atoms with Crippen molar-refractivity contribution < 1.29 is 14.6 Å². The highest BCUT2D eigenvalue weighted by atomic mass is 16.5. The van der Waals surface area contributed by atoms with E-state index in [9.17, 15) is 9.90 Å². The Hall–Kier alpha value is -1.51. The minimum Gasteiger partial charge on any atom is -0.497 e. The zero-order chi connectivity index (χ0) is 13.7. The molecule has 0 amide bonds. The summed E-state index contributed by atoms with van der Waals surface area (Å²) in [5, 5.41) is 9.57. The molecule has 3 nitrogen and oxygen atoms in total. The second-order valence-corrected chi connectivity index (χ2v) is 5.34. The average molecular weight is 262 g/mol. The van der Waals surface area contributed by atoms with Crippen LogP contribution in [0.5, 0.6) is 5.75 Å². The van der Waals surface area contributed by atoms with Crippen LogP contribution < -0.4 is 4.74 Å². The van der Waals surface area contributed by atoms with E-state index in [1.165, 1.54) is 12.8 Å². The average Bonchev–Trinajstić information content (AvgIpc) is 2.68. The molecule has 0 saturated heterocycles. The van der Waals surface area contributed by atoms with Gasteiger partial charge in [-0.15, -0.1) is 0 Å². The molecular weight excluding hydrogens is 240 g/mol. The molecule has 104 valence electrons. The normalized spacial score (nSPS) is 18.6. The molecular formula is C16H22O3. The number of carbonyl (C=O) groups is 1. The van der Waals surface area contributed by atoms with Gasteiger partial charge in [0.05, 0.1) is 13.0 Å². The summed E-state index contributed by atoms with van der Waals surface area (Å²) in [5.41, 5.74) is 0.903. The van der Waals surface area contributed by atoms with Crippen LogP contribution in [0.25, 0.3) is 0 Å². The van der Waals surface area contributed by atoms with Crippen LogP contribution in [0, 0.1) is 5.92 Å². The molecule has 2 rings (SSSR count). The molecule has 1 aliphatic rings. The third-order valence-corrected chi connectivity index (χ3v) is 4.11. The van der Waals surface area contributed by atoms with Gasteiger partial charge in [-0.3, -0.25) is 4.79 Å². The molecule has 0 spiro atoms. The Kier molecular flexibility index (Phi) is 4.83. The Morgan fingerprint density at radius 2 is 1.74 bits per heavy atom. The molecule has 1 unspecified atom stereocenters. The van der Waals surface area contributed by atoms with Gasteiger partial charge in [0.1, 0.15) is 5.75 Å². The highest BCUT2D eigenvalue weighted by Crippen LogP contribution is 2.35. The third kappa shape index (κ3) is 3.49. The van der Waals surface area contributed by atoms with Crippen LogP contribution in [0.4, 0.5) is 0 Å². The summed E-state index contributed by atoms with van der Waals surface area (Å²) >= 11 is 0. The fraction of sp³-hybridized carbons (Fsp3) is 0.562. The first kappa shape index (κ1) is 13.9. The van der Waals surface area contributed by atoms with Crippen molar-refractivity contribution in [2.75, 3.05) is 7.11 Å². The van der Waals surface area contributed by atoms with Gasteiger partial charge in [0.25, 0.3) is 0 Å². The number of methoxy groups -OCH3 is 1. The zero-order valence-corrected chi connectivity index (χ0v) is 11.5. The van der Waals surface area contributed by atoms with Crippen molar-refractivity contribution in [1.82, 2.24) is 0 Å². The Morgan fingerprint density at radius 1 is 1.16 bits per heavy atom. The predicted octanol–water partition coefficient (Wildman–Crippen LogP) is 3.83. The van der Waals surface area contributed by atoms with E-state index in [1.807, 2.05) is 24.3 Å². The molecule has 3 heteroatoms. The third-order valence-electron chi connectivity index (χ3n) is 4.11. The van der Waals surface area contributed by atoms with Gasteiger partial charge in [0.15, 0.2) is 0 Å². The van der Waals surface area contributed by atoms with E-state index in [0.29, 0.717) is 0 Å². The van der Waals surface area contributed by atoms with Gasteiger partial charge < -0.3 is 9.84 Å². The number of ether oxygens (including phenoxy) is 1. The highest BCUT2D eigenvalue weighted by molar-refractivity contribution is 5.76. The van der Waals surface area contributed by atoms with E-state index in [-0.39, 0.29) is 11.8 Å². The number of benzene rings is 1. The number of rotatable bonds is 4. The second kappa shape index (κ2) is 6.60. The maximum atomic E-state index is 11.6. The summed E-state index contributed by atoms with van der Waals surface area (Å²) in [6.45, 7) is 0. The summed E-state index contributed by atoms with van der Waals surface area (Å²) in [6, 6.07) is 7.48. The Bertz CT molecular complexity index is 403. The van der Waals surface area contributed by atoms with Crippen LogP contribution in [-0.4, -0.2) is 18.2 Å². The summed E-state index contributed by atoms with van der Waals surface area (Å²) in [4.78, 5) is 11.6. The first-order chi connectivity index (χ1) is 9.22. The summed E-state index contributed by atoms with van der Waals surface area (Å²) in [5.74, 6) is -0.0248. The van der Waals surface area contributed by atoms with E-state index in [0.717, 1.165) is 37.0 Å². The number of hydrogen-bond acceptors (Lipinski definition) is 2. The van der Waals surface area contributed by atoms with Crippen LogP contribution in [0.3, 0.4) is 0 Å². The standard InChI is InChI=1S/C16H22O3/c1-19-14-10-8-13(9-11-14)15(16(17)18)12-6-4-2-3-5-7-12/h8-12,15H,2-7H2,1H3,(H,17,18). The molecule has 1 fully saturated rings. The topological polar surface area (TPSA) is 46.5 Å². The van der Waals surface area contributed by atoms with Crippen molar-refractivity contribution in [3.63, 3.8) is 0 Å². The van der Waals surface area contributed by atoms with E-state index >= 15 is 0 Å². The van der Waals surface area contributed by atoms with E-state index in [2.05, 4.69) is 0 Å². The van der Waals surface area contributed by atoms with E-state index in [1.54, 1.807) is 7.11 Å². The monoisotopic (exact) mass is 262 g/mol. The minimum atomic E-state index is -0.697. The van der Waals surface area contributed by atoms with Crippen molar-refractivity contribution in [2.24, 2.45) is 5.92 Å². The minimum absolute atomic E-state index is 0.272. The van der Waals surface area contributed by atoms with Crippen molar-refractivity contribution in [2.45, 2.75) is 44.4 Å². The lowest BCUT2D eigenvalue weighted by Crippen LogP contribution is -2.21. The van der Waals surface area contributed by atoms with E-state index in [4.69, 9.17) is 4.74 Å². The largest absolute Gasteiger partial charge is 0.497 e. The van der Waals surface area contributed by atoms with Crippen LogP contribution in [0.1, 0.15) is 50.0 Å². The van der Waals surface area contributed by atoms with Crippen LogP contribution >= 0.6 is 0 Å². The molecule has 0 bridgehead atoms. The van der Waals surface area contributed by atoms with Crippen molar-refractivity contribution in [3.8, 4) is 5.75 Å². The number of hydrogen-bond donors (Lipinski definition) is 1. The lowest BCUT2D eigenvalue weighted by atomic mass is 9.81. The molecule has 1 aromatic rings. The van der Waals surface area contributed by atoms with Gasteiger partial charge in [-0.1, -0.05) is 37.8 Å². The second-order valence-electron chi connectivity index (χ2n) is 5.34. The fourth-order valence-electron chi connectivity index (χ4n) is 3.07. The fourth-order valence-corrected chi connectivity index (χ4v) is 3.07. The molecule has 1 atom stereocenters. The molecule has 0 aliphatic heterocycles.